The number of hydrogen-bond acceptors (Lipinski definition) is 6. The van der Waals surface area contributed by atoms with Crippen molar-refractivity contribution in [3.05, 3.63) is 35.4 Å². The van der Waals surface area contributed by atoms with E-state index in [0.717, 1.165) is 43.4 Å². The van der Waals surface area contributed by atoms with Crippen LogP contribution < -0.4 is 0 Å². The highest BCUT2D eigenvalue weighted by atomic mass is 32.1. The van der Waals surface area contributed by atoms with Crippen LogP contribution in [0.2, 0.25) is 0 Å². The number of carbonyl (C=O) groups is 1. The zero-order valence-corrected chi connectivity index (χ0v) is 18.9. The fourth-order valence-corrected chi connectivity index (χ4v) is 3.32. The molecule has 2 rings (SSSR count). The molecule has 164 valence electrons. The first-order chi connectivity index (χ1) is 13.9. The van der Waals surface area contributed by atoms with Crippen molar-refractivity contribution in [3.8, 4) is 0 Å². The van der Waals surface area contributed by atoms with E-state index in [9.17, 15) is 4.79 Å². The van der Waals surface area contributed by atoms with Crippen molar-refractivity contribution in [1.29, 1.82) is 0 Å². The molecule has 0 N–H and O–H groups in total. The van der Waals surface area contributed by atoms with Gasteiger partial charge in [0, 0.05) is 25.2 Å². The number of aryl methyl sites for hydroxylation is 1. The third kappa shape index (κ3) is 9.08. The summed E-state index contributed by atoms with van der Waals surface area (Å²) in [5, 5.41) is 0. The molecule has 1 heterocycles. The van der Waals surface area contributed by atoms with Crippen molar-refractivity contribution >= 4 is 18.6 Å². The molecule has 5 nitrogen and oxygen atoms in total. The molecule has 0 radical (unpaired) electrons. The highest BCUT2D eigenvalue weighted by Crippen LogP contribution is 2.28. The van der Waals surface area contributed by atoms with Gasteiger partial charge in [-0.05, 0) is 57.6 Å². The smallest absolute Gasteiger partial charge is 0.306 e. The normalized spacial score (nSPS) is 18.4. The minimum absolute atomic E-state index is 0.114. The lowest BCUT2D eigenvalue weighted by molar-refractivity contribution is -0.194. The maximum Gasteiger partial charge on any atom is 0.306 e. The average Bonchev–Trinajstić information content (AvgIpc) is 2.73. The highest BCUT2D eigenvalue weighted by molar-refractivity contribution is 7.80. The summed E-state index contributed by atoms with van der Waals surface area (Å²) in [5.74, 6) is 0.497. The molecule has 1 aliphatic heterocycles. The topological polar surface area (TPSA) is 54.0 Å². The molecule has 1 fully saturated rings. The zero-order chi connectivity index (χ0) is 21.1. The van der Waals surface area contributed by atoms with Gasteiger partial charge in [0.15, 0.2) is 6.29 Å². The first-order valence-corrected chi connectivity index (χ1v) is 11.3. The maximum atomic E-state index is 11.7. The number of carbonyl (C=O) groups excluding carboxylic acids is 1. The third-order valence-electron chi connectivity index (χ3n) is 4.95. The fraction of sp³-hybridized carbons (Fsp3) is 0.696. The Bertz CT molecular complexity index is 613. The number of ether oxygens (including phenoxy) is 4. The molecule has 2 unspecified atom stereocenters. The standard InChI is InChI=1S/C23H36O5S/c1-4-25-21(24)12-11-18-8-7-9-19(16-18)20(13-15-27-23(2,3)17-29)28-22-10-5-6-14-26-22/h7-9,16,20,22,29H,4-6,10-15,17H2,1-3H3. The van der Waals surface area contributed by atoms with Crippen LogP contribution in [0, 0.1) is 0 Å². The van der Waals surface area contributed by atoms with Gasteiger partial charge in [0.1, 0.15) is 0 Å². The van der Waals surface area contributed by atoms with E-state index in [2.05, 4.69) is 24.8 Å². The minimum Gasteiger partial charge on any atom is -0.466 e. The van der Waals surface area contributed by atoms with Gasteiger partial charge in [0.2, 0.25) is 0 Å². The SMILES string of the molecule is CCOC(=O)CCc1cccc(C(CCOC(C)(C)CS)OC2CCCCO2)c1. The van der Waals surface area contributed by atoms with Crippen LogP contribution in [0.25, 0.3) is 0 Å². The van der Waals surface area contributed by atoms with E-state index in [-0.39, 0.29) is 24.0 Å². The molecule has 2 atom stereocenters. The average molecular weight is 425 g/mol. The van der Waals surface area contributed by atoms with Crippen molar-refractivity contribution in [2.45, 2.75) is 77.3 Å². The van der Waals surface area contributed by atoms with E-state index in [4.69, 9.17) is 18.9 Å². The number of hydrogen-bond donors (Lipinski definition) is 1. The lowest BCUT2D eigenvalue weighted by atomic mass is 10.0. The molecule has 0 aliphatic carbocycles. The Morgan fingerprint density at radius 1 is 1.34 bits per heavy atom. The molecule has 1 aliphatic rings. The van der Waals surface area contributed by atoms with Crippen molar-refractivity contribution in [2.24, 2.45) is 0 Å². The number of thiol groups is 1. The second-order valence-corrected chi connectivity index (χ2v) is 8.34. The van der Waals surface area contributed by atoms with Crippen LogP contribution in [0.1, 0.15) is 70.1 Å². The second kappa shape index (κ2) is 12.6. The Kier molecular flexibility index (Phi) is 10.5. The Morgan fingerprint density at radius 2 is 2.17 bits per heavy atom. The van der Waals surface area contributed by atoms with Crippen LogP contribution in [0.3, 0.4) is 0 Å². The Morgan fingerprint density at radius 3 is 2.86 bits per heavy atom. The van der Waals surface area contributed by atoms with E-state index >= 15 is 0 Å². The summed E-state index contributed by atoms with van der Waals surface area (Å²) in [6.45, 7) is 7.65. The van der Waals surface area contributed by atoms with Crippen LogP contribution in [0.15, 0.2) is 24.3 Å². The third-order valence-corrected chi connectivity index (χ3v) is 5.72. The van der Waals surface area contributed by atoms with Gasteiger partial charge in [-0.25, -0.2) is 0 Å². The summed E-state index contributed by atoms with van der Waals surface area (Å²) in [4.78, 5) is 11.7. The van der Waals surface area contributed by atoms with Crippen molar-refractivity contribution in [3.63, 3.8) is 0 Å². The largest absolute Gasteiger partial charge is 0.466 e. The van der Waals surface area contributed by atoms with Crippen LogP contribution in [0.5, 0.6) is 0 Å². The number of benzene rings is 1. The maximum absolute atomic E-state index is 11.7. The first-order valence-electron chi connectivity index (χ1n) is 10.7. The van der Waals surface area contributed by atoms with Gasteiger partial charge >= 0.3 is 5.97 Å². The van der Waals surface area contributed by atoms with Crippen LogP contribution >= 0.6 is 12.6 Å². The summed E-state index contributed by atoms with van der Waals surface area (Å²) in [6, 6.07) is 8.26. The van der Waals surface area contributed by atoms with Crippen molar-refractivity contribution in [1.82, 2.24) is 0 Å². The van der Waals surface area contributed by atoms with Gasteiger partial charge in [-0.1, -0.05) is 24.3 Å². The van der Waals surface area contributed by atoms with Gasteiger partial charge in [-0.15, -0.1) is 0 Å². The van der Waals surface area contributed by atoms with Crippen molar-refractivity contribution in [2.75, 3.05) is 25.6 Å². The molecule has 0 amide bonds. The molecule has 1 aromatic carbocycles. The van der Waals surface area contributed by atoms with Crippen LogP contribution in [-0.2, 0) is 30.2 Å². The van der Waals surface area contributed by atoms with E-state index in [1.807, 2.05) is 32.9 Å². The molecule has 0 saturated carbocycles. The van der Waals surface area contributed by atoms with Gasteiger partial charge in [-0.3, -0.25) is 4.79 Å². The summed E-state index contributed by atoms with van der Waals surface area (Å²) in [7, 11) is 0. The van der Waals surface area contributed by atoms with E-state index in [0.29, 0.717) is 31.8 Å². The molecule has 0 bridgehead atoms. The molecule has 0 spiro atoms. The molecule has 1 aromatic rings. The summed E-state index contributed by atoms with van der Waals surface area (Å²) < 4.78 is 23.2. The van der Waals surface area contributed by atoms with E-state index in [1.165, 1.54) is 0 Å². The van der Waals surface area contributed by atoms with Crippen LogP contribution in [-0.4, -0.2) is 43.4 Å². The summed E-state index contributed by atoms with van der Waals surface area (Å²) >= 11 is 4.36. The Labute approximate surface area is 180 Å². The zero-order valence-electron chi connectivity index (χ0n) is 18.0. The molecule has 0 aromatic heterocycles. The predicted molar refractivity (Wildman–Crippen MR) is 117 cm³/mol. The molecular weight excluding hydrogens is 388 g/mol. The Balaban J connectivity index is 2.03. The van der Waals surface area contributed by atoms with Gasteiger partial charge < -0.3 is 18.9 Å². The number of rotatable bonds is 12. The molecule has 29 heavy (non-hydrogen) atoms. The summed E-state index contributed by atoms with van der Waals surface area (Å²) in [5.41, 5.74) is 1.93. The van der Waals surface area contributed by atoms with Crippen molar-refractivity contribution < 1.29 is 23.7 Å². The van der Waals surface area contributed by atoms with E-state index < -0.39 is 0 Å². The second-order valence-electron chi connectivity index (χ2n) is 8.03. The van der Waals surface area contributed by atoms with Gasteiger partial charge in [0.05, 0.1) is 24.9 Å². The minimum atomic E-state index is -0.267. The van der Waals surface area contributed by atoms with Gasteiger partial charge in [0.25, 0.3) is 0 Å². The van der Waals surface area contributed by atoms with Gasteiger partial charge in [-0.2, -0.15) is 12.6 Å². The van der Waals surface area contributed by atoms with E-state index in [1.54, 1.807) is 0 Å². The lowest BCUT2D eigenvalue weighted by Crippen LogP contribution is -2.29. The molecule has 6 heteroatoms. The lowest BCUT2D eigenvalue weighted by Gasteiger charge is -2.29. The predicted octanol–water partition coefficient (Wildman–Crippen LogP) is 4.88. The first kappa shape index (κ1) is 24.2. The highest BCUT2D eigenvalue weighted by Gasteiger charge is 2.23. The molecular formula is C23H36O5S. The quantitative estimate of drug-likeness (QED) is 0.383. The monoisotopic (exact) mass is 424 g/mol. The summed E-state index contributed by atoms with van der Waals surface area (Å²) in [6.07, 6.45) is 4.62. The Hall–Kier alpha value is -1.08. The molecule has 1 saturated heterocycles. The number of esters is 1. The van der Waals surface area contributed by atoms with Crippen LogP contribution in [0.4, 0.5) is 0 Å². The fourth-order valence-electron chi connectivity index (χ4n) is 3.23.